The monoisotopic (exact) mass is 457 g/mol. The highest BCUT2D eigenvalue weighted by atomic mass is 35.5. The summed E-state index contributed by atoms with van der Waals surface area (Å²) >= 11 is 5.92. The van der Waals surface area contributed by atoms with E-state index in [0.29, 0.717) is 34.0 Å². The molecule has 0 spiro atoms. The number of ketones is 1. The molecule has 0 radical (unpaired) electrons. The molecule has 0 saturated heterocycles. The quantitative estimate of drug-likeness (QED) is 0.547. The number of sulfonamides is 1. The number of carbonyl (C=O) groups is 1. The third kappa shape index (κ3) is 3.70. The number of hydrogen-bond donors (Lipinski definition) is 1. The second-order valence-corrected chi connectivity index (χ2v) is 12.2. The molecule has 4 fully saturated rings. The van der Waals surface area contributed by atoms with Crippen molar-refractivity contribution >= 4 is 33.1 Å². The van der Waals surface area contributed by atoms with E-state index in [2.05, 4.69) is 4.72 Å². The number of carbonyl (C=O) groups excluding carboxylic acids is 1. The minimum Gasteiger partial charge on any atom is -0.293 e. The largest absolute Gasteiger partial charge is 0.293 e. The van der Waals surface area contributed by atoms with Crippen LogP contribution in [-0.2, 0) is 10.0 Å². The summed E-state index contributed by atoms with van der Waals surface area (Å²) in [4.78, 5) is 14.1. The maximum atomic E-state index is 14.0. The first-order valence-corrected chi connectivity index (χ1v) is 13.0. The third-order valence-electron chi connectivity index (χ3n) is 7.77. The van der Waals surface area contributed by atoms with Gasteiger partial charge in [0.1, 0.15) is 0 Å². The molecular formula is C25H28ClNO3S. The van der Waals surface area contributed by atoms with Gasteiger partial charge in [0.05, 0.1) is 10.6 Å². The first-order valence-electron chi connectivity index (χ1n) is 11.1. The topological polar surface area (TPSA) is 63.2 Å². The van der Waals surface area contributed by atoms with Crippen LogP contribution in [0.25, 0.3) is 0 Å². The molecule has 4 nitrogen and oxygen atoms in total. The lowest BCUT2D eigenvalue weighted by Crippen LogP contribution is -2.50. The number of rotatable bonds is 5. The molecule has 0 heterocycles. The van der Waals surface area contributed by atoms with Crippen molar-refractivity contribution in [1.29, 1.82) is 0 Å². The standard InChI is InChI=1S/C25H28ClNO3S/c1-15-7-22(24(28)25-12-17-9-18(13-25)11-19(10-17)14-25)23(8-16(15)2)27-31(29,30)21-5-3-20(26)4-6-21/h3-8,17-19,27H,9-14H2,1-2H3. The van der Waals surface area contributed by atoms with Gasteiger partial charge in [-0.3, -0.25) is 9.52 Å². The van der Waals surface area contributed by atoms with Crippen molar-refractivity contribution in [2.75, 3.05) is 4.72 Å². The molecule has 4 aliphatic carbocycles. The van der Waals surface area contributed by atoms with Gasteiger partial charge in [-0.05, 0) is 118 Å². The molecule has 1 N–H and O–H groups in total. The zero-order valence-electron chi connectivity index (χ0n) is 17.9. The lowest BCUT2D eigenvalue weighted by atomic mass is 9.48. The average molecular weight is 458 g/mol. The molecule has 31 heavy (non-hydrogen) atoms. The van der Waals surface area contributed by atoms with E-state index in [1.165, 1.54) is 31.4 Å². The van der Waals surface area contributed by atoms with Crippen molar-refractivity contribution in [3.8, 4) is 0 Å². The maximum Gasteiger partial charge on any atom is 0.261 e. The number of benzene rings is 2. The van der Waals surface area contributed by atoms with Gasteiger partial charge < -0.3 is 0 Å². The minimum atomic E-state index is -3.83. The number of aryl methyl sites for hydroxylation is 2. The number of hydrogen-bond acceptors (Lipinski definition) is 3. The molecule has 0 aromatic heterocycles. The van der Waals surface area contributed by atoms with Crippen molar-refractivity contribution in [1.82, 2.24) is 0 Å². The fourth-order valence-corrected chi connectivity index (χ4v) is 7.78. The Morgan fingerprint density at radius 2 is 1.45 bits per heavy atom. The lowest BCUT2D eigenvalue weighted by molar-refractivity contribution is -0.0352. The second kappa shape index (κ2) is 7.35. The maximum absolute atomic E-state index is 14.0. The summed E-state index contributed by atoms with van der Waals surface area (Å²) in [6.45, 7) is 3.91. The lowest BCUT2D eigenvalue weighted by Gasteiger charge is -2.56. The number of anilines is 1. The van der Waals surface area contributed by atoms with Crippen molar-refractivity contribution in [3.05, 3.63) is 58.1 Å². The predicted octanol–water partition coefficient (Wildman–Crippen LogP) is 6.16. The number of nitrogens with one attached hydrogen (secondary N) is 1. The zero-order chi connectivity index (χ0) is 22.0. The Bertz CT molecular complexity index is 1120. The van der Waals surface area contributed by atoms with Crippen LogP contribution in [0.15, 0.2) is 41.3 Å². The van der Waals surface area contributed by atoms with E-state index in [1.54, 1.807) is 18.2 Å². The van der Waals surface area contributed by atoms with Crippen LogP contribution in [0.1, 0.15) is 60.0 Å². The molecule has 2 aromatic rings. The van der Waals surface area contributed by atoms with Crippen molar-refractivity contribution in [3.63, 3.8) is 0 Å². The number of halogens is 1. The Balaban J connectivity index is 1.53. The summed E-state index contributed by atoms with van der Waals surface area (Å²) in [5, 5.41) is 0.475. The molecule has 0 aliphatic heterocycles. The molecule has 0 atom stereocenters. The fraction of sp³-hybridized carbons (Fsp3) is 0.480. The third-order valence-corrected chi connectivity index (χ3v) is 9.40. The Morgan fingerprint density at radius 1 is 0.935 bits per heavy atom. The molecule has 4 bridgehead atoms. The summed E-state index contributed by atoms with van der Waals surface area (Å²) in [6, 6.07) is 9.75. The Hall–Kier alpha value is -1.85. The van der Waals surface area contributed by atoms with E-state index >= 15 is 0 Å². The Labute approximate surface area is 189 Å². The van der Waals surface area contributed by atoms with Crippen LogP contribution < -0.4 is 4.72 Å². The van der Waals surface area contributed by atoms with E-state index in [-0.39, 0.29) is 16.1 Å². The van der Waals surface area contributed by atoms with Crippen molar-refractivity contribution < 1.29 is 13.2 Å². The van der Waals surface area contributed by atoms with Gasteiger partial charge >= 0.3 is 0 Å². The summed E-state index contributed by atoms with van der Waals surface area (Å²) in [6.07, 6.45) is 6.64. The first-order chi connectivity index (χ1) is 14.6. The molecular weight excluding hydrogens is 430 g/mol. The molecule has 0 unspecified atom stereocenters. The molecule has 4 aliphatic rings. The van der Waals surface area contributed by atoms with Crippen LogP contribution in [0.2, 0.25) is 5.02 Å². The fourth-order valence-electron chi connectivity index (χ4n) is 6.58. The van der Waals surface area contributed by atoms with Gasteiger partial charge in [0.25, 0.3) is 10.0 Å². The minimum absolute atomic E-state index is 0.128. The second-order valence-electron chi connectivity index (χ2n) is 10.1. The SMILES string of the molecule is Cc1cc(NS(=O)(=O)c2ccc(Cl)cc2)c(C(=O)C23CC4CC(CC(C4)C2)C3)cc1C. The first kappa shape index (κ1) is 21.0. The molecule has 6 heteroatoms. The van der Waals surface area contributed by atoms with Gasteiger partial charge in [-0.25, -0.2) is 8.42 Å². The summed E-state index contributed by atoms with van der Waals surface area (Å²) in [5.41, 5.74) is 2.54. The van der Waals surface area contributed by atoms with Gasteiger partial charge in [0.2, 0.25) is 0 Å². The molecule has 0 amide bonds. The zero-order valence-corrected chi connectivity index (χ0v) is 19.5. The summed E-state index contributed by atoms with van der Waals surface area (Å²) < 4.78 is 28.8. The van der Waals surface area contributed by atoms with Gasteiger partial charge in [-0.1, -0.05) is 11.6 Å². The summed E-state index contributed by atoms with van der Waals surface area (Å²) in [7, 11) is -3.83. The molecule has 4 saturated carbocycles. The van der Waals surface area contributed by atoms with Gasteiger partial charge in [-0.2, -0.15) is 0 Å². The van der Waals surface area contributed by atoms with E-state index in [0.717, 1.165) is 30.4 Å². The van der Waals surface area contributed by atoms with Crippen molar-refractivity contribution in [2.24, 2.45) is 23.2 Å². The van der Waals surface area contributed by atoms with Crippen molar-refractivity contribution in [2.45, 2.75) is 57.3 Å². The normalized spacial score (nSPS) is 29.2. The molecule has 2 aromatic carbocycles. The van der Waals surface area contributed by atoms with Crippen LogP contribution in [-0.4, -0.2) is 14.2 Å². The van der Waals surface area contributed by atoms with E-state index in [1.807, 2.05) is 19.9 Å². The Kier molecular flexibility index (Phi) is 4.98. The van der Waals surface area contributed by atoms with E-state index in [9.17, 15) is 13.2 Å². The molecule has 164 valence electrons. The van der Waals surface area contributed by atoms with Crippen LogP contribution >= 0.6 is 11.6 Å². The predicted molar refractivity (Wildman–Crippen MR) is 123 cm³/mol. The highest BCUT2D eigenvalue weighted by molar-refractivity contribution is 7.92. The van der Waals surface area contributed by atoms with Crippen LogP contribution in [0.3, 0.4) is 0 Å². The highest BCUT2D eigenvalue weighted by Crippen LogP contribution is 2.61. The number of Topliss-reactive ketones (excluding diaryl/α,β-unsaturated/α-hetero) is 1. The average Bonchev–Trinajstić information content (AvgIpc) is 2.69. The van der Waals surface area contributed by atoms with Gasteiger partial charge in [0, 0.05) is 16.0 Å². The van der Waals surface area contributed by atoms with E-state index < -0.39 is 10.0 Å². The molecule has 6 rings (SSSR count). The van der Waals surface area contributed by atoms with Gasteiger partial charge in [-0.15, -0.1) is 0 Å². The van der Waals surface area contributed by atoms with Gasteiger partial charge in [0.15, 0.2) is 5.78 Å². The highest BCUT2D eigenvalue weighted by Gasteiger charge is 2.54. The Morgan fingerprint density at radius 3 is 2.00 bits per heavy atom. The van der Waals surface area contributed by atoms with Crippen LogP contribution in [0.4, 0.5) is 5.69 Å². The summed E-state index contributed by atoms with van der Waals surface area (Å²) in [5.74, 6) is 2.08. The van der Waals surface area contributed by atoms with Crippen LogP contribution in [0, 0.1) is 37.0 Å². The van der Waals surface area contributed by atoms with Crippen LogP contribution in [0.5, 0.6) is 0 Å². The van der Waals surface area contributed by atoms with E-state index in [4.69, 9.17) is 11.6 Å². The smallest absolute Gasteiger partial charge is 0.261 e.